The summed E-state index contributed by atoms with van der Waals surface area (Å²) in [6.07, 6.45) is 3.69. The first-order valence-corrected chi connectivity index (χ1v) is 9.80. The highest BCUT2D eigenvalue weighted by atomic mass is 35.5. The second-order valence-corrected chi connectivity index (χ2v) is 8.01. The minimum Gasteiger partial charge on any atom is -0.354 e. The number of halogens is 1. The Morgan fingerprint density at radius 2 is 1.88 bits per heavy atom. The van der Waals surface area contributed by atoms with Crippen LogP contribution >= 0.6 is 11.6 Å². The van der Waals surface area contributed by atoms with Crippen molar-refractivity contribution >= 4 is 17.5 Å². The highest BCUT2D eigenvalue weighted by Crippen LogP contribution is 2.29. The molecule has 2 aromatic rings. The van der Waals surface area contributed by atoms with Crippen LogP contribution in [0.1, 0.15) is 28.7 Å². The summed E-state index contributed by atoms with van der Waals surface area (Å²) in [5.74, 6) is 0.285. The monoisotopic (exact) mass is 368 g/mol. The molecule has 0 radical (unpaired) electrons. The van der Waals surface area contributed by atoms with Crippen LogP contribution in [0.25, 0.3) is 0 Å². The van der Waals surface area contributed by atoms with E-state index in [1.54, 1.807) is 0 Å². The Hall–Kier alpha value is -1.84. The molecule has 2 atom stereocenters. The molecule has 26 heavy (non-hydrogen) atoms. The van der Waals surface area contributed by atoms with E-state index in [4.69, 9.17) is 11.6 Å². The second-order valence-electron chi connectivity index (χ2n) is 7.60. The zero-order valence-electron chi connectivity index (χ0n) is 15.2. The normalized spacial score (nSPS) is 22.4. The molecule has 1 aliphatic heterocycles. The number of benzene rings is 2. The summed E-state index contributed by atoms with van der Waals surface area (Å²) in [7, 11) is 2.12. The van der Waals surface area contributed by atoms with Gasteiger partial charge in [-0.05, 0) is 61.1 Å². The minimum atomic E-state index is 0.0923. The number of likely N-dealkylation sites (N-methyl/N-ethyl adjacent to an activating group) is 1. The van der Waals surface area contributed by atoms with Crippen molar-refractivity contribution in [3.05, 3.63) is 69.7 Å². The predicted octanol–water partition coefficient (Wildman–Crippen LogP) is 3.62. The third-order valence-electron chi connectivity index (χ3n) is 5.93. The van der Waals surface area contributed by atoms with Gasteiger partial charge >= 0.3 is 0 Å². The van der Waals surface area contributed by atoms with Crippen molar-refractivity contribution in [1.29, 1.82) is 0 Å². The molecule has 0 unspecified atom stereocenters. The molecular formula is C22H25ClN2O. The van der Waals surface area contributed by atoms with Gasteiger partial charge in [-0.15, -0.1) is 0 Å². The minimum absolute atomic E-state index is 0.0923. The largest absolute Gasteiger partial charge is 0.354 e. The Kier molecular flexibility index (Phi) is 5.01. The maximum Gasteiger partial charge on any atom is 0.223 e. The third-order valence-corrected chi connectivity index (χ3v) is 6.28. The van der Waals surface area contributed by atoms with Crippen molar-refractivity contribution in [2.45, 2.75) is 38.3 Å². The van der Waals surface area contributed by atoms with E-state index in [0.717, 1.165) is 37.3 Å². The quantitative estimate of drug-likeness (QED) is 0.897. The molecule has 1 amide bonds. The van der Waals surface area contributed by atoms with E-state index >= 15 is 0 Å². The van der Waals surface area contributed by atoms with Gasteiger partial charge in [-0.2, -0.15) is 0 Å². The molecule has 4 heteroatoms. The van der Waals surface area contributed by atoms with Crippen LogP contribution in [0.3, 0.4) is 0 Å². The van der Waals surface area contributed by atoms with Gasteiger partial charge in [0.2, 0.25) is 5.91 Å². The summed E-state index contributed by atoms with van der Waals surface area (Å²) in [5, 5.41) is 4.05. The van der Waals surface area contributed by atoms with E-state index in [9.17, 15) is 4.79 Å². The number of hydrogen-bond donors (Lipinski definition) is 1. The SMILES string of the molecule is CN1Cc2cccc(Cl)c2C[C@@H]1CNC(=O)[C@H]1CCc2ccccc2C1. The highest BCUT2D eigenvalue weighted by Gasteiger charge is 2.28. The molecule has 4 rings (SSSR count). The third kappa shape index (κ3) is 3.51. The molecule has 1 N–H and O–H groups in total. The van der Waals surface area contributed by atoms with Gasteiger partial charge in [-0.3, -0.25) is 9.69 Å². The second kappa shape index (κ2) is 7.42. The number of nitrogens with one attached hydrogen (secondary N) is 1. The number of carbonyl (C=O) groups is 1. The Labute approximate surface area is 160 Å². The first-order chi connectivity index (χ1) is 12.6. The summed E-state index contributed by atoms with van der Waals surface area (Å²) in [5.41, 5.74) is 5.26. The molecule has 0 aromatic heterocycles. The average molecular weight is 369 g/mol. The highest BCUT2D eigenvalue weighted by molar-refractivity contribution is 6.31. The fraction of sp³-hybridized carbons (Fsp3) is 0.409. The molecule has 1 aliphatic carbocycles. The molecule has 136 valence electrons. The zero-order valence-corrected chi connectivity index (χ0v) is 15.9. The molecule has 0 bridgehead atoms. The van der Waals surface area contributed by atoms with Crippen LogP contribution in [0.15, 0.2) is 42.5 Å². The van der Waals surface area contributed by atoms with Crippen molar-refractivity contribution < 1.29 is 4.79 Å². The van der Waals surface area contributed by atoms with E-state index in [0.29, 0.717) is 12.6 Å². The van der Waals surface area contributed by atoms with Gasteiger partial charge in [0.15, 0.2) is 0 Å². The number of amides is 1. The lowest BCUT2D eigenvalue weighted by molar-refractivity contribution is -0.125. The van der Waals surface area contributed by atoms with E-state index in [-0.39, 0.29) is 11.8 Å². The number of fused-ring (bicyclic) bond motifs is 2. The first kappa shape index (κ1) is 17.6. The zero-order chi connectivity index (χ0) is 18.1. The van der Waals surface area contributed by atoms with E-state index in [2.05, 4.69) is 47.6 Å². The lowest BCUT2D eigenvalue weighted by atomic mass is 9.83. The molecule has 3 nitrogen and oxygen atoms in total. The van der Waals surface area contributed by atoms with Crippen molar-refractivity contribution in [2.24, 2.45) is 5.92 Å². The Bertz CT molecular complexity index is 820. The number of rotatable bonds is 3. The molecule has 1 heterocycles. The van der Waals surface area contributed by atoms with Gasteiger partial charge in [0.05, 0.1) is 0 Å². The van der Waals surface area contributed by atoms with Gasteiger partial charge in [-0.1, -0.05) is 48.0 Å². The summed E-state index contributed by atoms with van der Waals surface area (Å²) < 4.78 is 0. The molecule has 2 aromatic carbocycles. The predicted molar refractivity (Wildman–Crippen MR) is 105 cm³/mol. The van der Waals surface area contributed by atoms with Gasteiger partial charge < -0.3 is 5.32 Å². The molecular weight excluding hydrogens is 344 g/mol. The molecule has 0 saturated carbocycles. The Balaban J connectivity index is 1.37. The van der Waals surface area contributed by atoms with E-state index in [1.807, 2.05) is 12.1 Å². The van der Waals surface area contributed by atoms with Crippen molar-refractivity contribution in [3.8, 4) is 0 Å². The molecule has 0 spiro atoms. The van der Waals surface area contributed by atoms with Crippen LogP contribution in [0.5, 0.6) is 0 Å². The van der Waals surface area contributed by atoms with Crippen molar-refractivity contribution in [1.82, 2.24) is 10.2 Å². The number of aryl methyl sites for hydroxylation is 1. The maximum atomic E-state index is 12.7. The molecule has 0 saturated heterocycles. The summed E-state index contributed by atoms with van der Waals surface area (Å²) >= 11 is 6.38. The lowest BCUT2D eigenvalue weighted by Gasteiger charge is -2.35. The van der Waals surface area contributed by atoms with E-state index in [1.165, 1.54) is 22.3 Å². The van der Waals surface area contributed by atoms with Gasteiger partial charge in [0.25, 0.3) is 0 Å². The fourth-order valence-corrected chi connectivity index (χ4v) is 4.55. The Morgan fingerprint density at radius 3 is 2.73 bits per heavy atom. The van der Waals surface area contributed by atoms with Crippen LogP contribution < -0.4 is 5.32 Å². The van der Waals surface area contributed by atoms with Crippen LogP contribution in [0.2, 0.25) is 5.02 Å². The van der Waals surface area contributed by atoms with Crippen LogP contribution in [-0.2, 0) is 30.6 Å². The summed E-state index contributed by atoms with van der Waals surface area (Å²) in [6.45, 7) is 1.56. The van der Waals surface area contributed by atoms with E-state index < -0.39 is 0 Å². The standard InChI is InChI=1S/C22H25ClN2O/c1-25-14-18-7-4-8-21(23)20(18)12-19(25)13-24-22(26)17-10-9-15-5-2-3-6-16(15)11-17/h2-8,17,19H,9-14H2,1H3,(H,24,26)/t17-,19+/m0/s1. The smallest absolute Gasteiger partial charge is 0.223 e. The molecule has 2 aliphatic rings. The number of carbonyl (C=O) groups excluding carboxylic acids is 1. The van der Waals surface area contributed by atoms with Crippen molar-refractivity contribution in [3.63, 3.8) is 0 Å². The van der Waals surface area contributed by atoms with Crippen LogP contribution in [-0.4, -0.2) is 30.4 Å². The number of hydrogen-bond acceptors (Lipinski definition) is 2. The van der Waals surface area contributed by atoms with Crippen LogP contribution in [0, 0.1) is 5.92 Å². The average Bonchev–Trinajstić information content (AvgIpc) is 2.66. The fourth-order valence-electron chi connectivity index (χ4n) is 4.28. The maximum absolute atomic E-state index is 12.7. The van der Waals surface area contributed by atoms with Gasteiger partial charge in [0, 0.05) is 30.1 Å². The van der Waals surface area contributed by atoms with Crippen molar-refractivity contribution in [2.75, 3.05) is 13.6 Å². The first-order valence-electron chi connectivity index (χ1n) is 9.43. The van der Waals surface area contributed by atoms with Crippen LogP contribution in [0.4, 0.5) is 0 Å². The summed E-state index contributed by atoms with van der Waals surface area (Å²) in [4.78, 5) is 15.0. The molecule has 0 fully saturated rings. The lowest BCUT2D eigenvalue weighted by Crippen LogP contribution is -2.47. The number of nitrogens with zero attached hydrogens (tertiary/aromatic N) is 1. The van der Waals surface area contributed by atoms with Gasteiger partial charge in [0.1, 0.15) is 0 Å². The van der Waals surface area contributed by atoms with Gasteiger partial charge in [-0.25, -0.2) is 0 Å². The Morgan fingerprint density at radius 1 is 1.12 bits per heavy atom. The summed E-state index contributed by atoms with van der Waals surface area (Å²) in [6, 6.07) is 14.9. The topological polar surface area (TPSA) is 32.3 Å².